The third-order valence-corrected chi connectivity index (χ3v) is 2.92. The second-order valence-corrected chi connectivity index (χ2v) is 4.68. The fourth-order valence-electron chi connectivity index (χ4n) is 0.109. The number of hydrogen-bond acceptors (Lipinski definition) is 5. The van der Waals surface area contributed by atoms with Crippen LogP contribution < -0.4 is 51.4 Å². The summed E-state index contributed by atoms with van der Waals surface area (Å²) in [6, 6.07) is 0. The first-order valence-corrected chi connectivity index (χ1v) is 5.63. The standard InChI is InChI=1S/2Cr.K.2H2O.5O.H/h;;;2*1H2;;;;;;/q3*+1;;;;;;;;-1/p-2. The van der Waals surface area contributed by atoms with Gasteiger partial charge in [0.25, 0.3) is 0 Å². The Bertz CT molecular complexity index is 242. The molecular weight excluding hydrogens is 255 g/mol. The molecule has 0 atom stereocenters. The summed E-state index contributed by atoms with van der Waals surface area (Å²) >= 11 is -11.5. The Kier molecular flexibility index (Phi) is 6.76. The molecule has 0 spiro atoms. The zero-order chi connectivity index (χ0) is 7.71. The van der Waals surface area contributed by atoms with Gasteiger partial charge in [-0.3, -0.25) is 0 Å². The molecule has 10 heavy (non-hydrogen) atoms. The van der Waals surface area contributed by atoms with Crippen molar-refractivity contribution < 1.29 is 106 Å². The van der Waals surface area contributed by atoms with E-state index >= 15 is 0 Å². The Morgan fingerprint density at radius 3 is 1.20 bits per heavy atom. The van der Waals surface area contributed by atoms with Crippen LogP contribution in [-0.4, -0.2) is 8.32 Å². The van der Waals surface area contributed by atoms with Crippen LogP contribution in [0.25, 0.3) is 0 Å². The summed E-state index contributed by atoms with van der Waals surface area (Å²) < 4.78 is 56.3. The quantitative estimate of drug-likeness (QED) is 0.479. The number of rotatable bonds is 2. The average Bonchev–Trinajstić information content (AvgIpc) is 1.14. The monoisotopic (exact) mass is 258 g/mol. The van der Waals surface area contributed by atoms with Crippen LogP contribution >= 0.6 is 0 Å². The van der Waals surface area contributed by atoms with E-state index in [4.69, 9.17) is 8.32 Å². The van der Waals surface area contributed by atoms with Gasteiger partial charge in [-0.1, -0.05) is 0 Å². The van der Waals surface area contributed by atoms with Gasteiger partial charge in [0, 0.05) is 0 Å². The van der Waals surface area contributed by atoms with Crippen LogP contribution in [0.5, 0.6) is 0 Å². The molecule has 0 aliphatic rings. The molecule has 0 fully saturated rings. The van der Waals surface area contributed by atoms with E-state index < -0.39 is 27.2 Å². The van der Waals surface area contributed by atoms with Gasteiger partial charge in [-0.2, -0.15) is 0 Å². The van der Waals surface area contributed by atoms with Crippen molar-refractivity contribution in [2.45, 2.75) is 0 Å². The summed E-state index contributed by atoms with van der Waals surface area (Å²) in [6.07, 6.45) is 0. The second kappa shape index (κ2) is 4.72. The van der Waals surface area contributed by atoms with Crippen LogP contribution in [0.2, 0.25) is 0 Å². The fraction of sp³-hybridized carbons (Fsp3) is 0. The molecule has 0 radical (unpaired) electrons. The van der Waals surface area contributed by atoms with Gasteiger partial charge in [0.1, 0.15) is 0 Å². The van der Waals surface area contributed by atoms with Crippen LogP contribution in [0.15, 0.2) is 0 Å². The summed E-state index contributed by atoms with van der Waals surface area (Å²) in [7, 11) is 0. The fourth-order valence-corrected chi connectivity index (χ4v) is 1.85. The van der Waals surface area contributed by atoms with Crippen molar-refractivity contribution >= 4 is 0 Å². The van der Waals surface area contributed by atoms with Gasteiger partial charge >= 0.3 is 105 Å². The van der Waals surface area contributed by atoms with Crippen LogP contribution in [-0.2, 0) is 45.3 Å². The van der Waals surface area contributed by atoms with E-state index in [9.17, 15) is 15.2 Å². The third kappa shape index (κ3) is 12.5. The molecule has 0 saturated carbocycles. The van der Waals surface area contributed by atoms with E-state index in [0.29, 0.717) is 0 Å². The van der Waals surface area contributed by atoms with E-state index in [1.165, 1.54) is 0 Å². The van der Waals surface area contributed by atoms with Crippen molar-refractivity contribution in [1.29, 1.82) is 0 Å². The molecule has 0 aromatic carbocycles. The molecule has 0 amide bonds. The van der Waals surface area contributed by atoms with Gasteiger partial charge in [0.05, 0.1) is 0 Å². The topological polar surface area (TPSA) is 118 Å². The molecule has 0 aliphatic heterocycles. The minimum absolute atomic E-state index is 0. The third-order valence-electron chi connectivity index (χ3n) is 0.172. The van der Waals surface area contributed by atoms with Crippen molar-refractivity contribution in [3.63, 3.8) is 0 Å². The molecular formula is H3Cr2KO7. The molecule has 10 heteroatoms. The van der Waals surface area contributed by atoms with Crippen molar-refractivity contribution in [3.8, 4) is 0 Å². The Labute approximate surface area is 104 Å². The maximum absolute atomic E-state index is 9.53. The van der Waals surface area contributed by atoms with Gasteiger partial charge in [-0.05, 0) is 0 Å². The zero-order valence-corrected chi connectivity index (χ0v) is 10.4. The van der Waals surface area contributed by atoms with Crippen molar-refractivity contribution in [2.75, 3.05) is 0 Å². The van der Waals surface area contributed by atoms with Gasteiger partial charge < -0.3 is 1.43 Å². The SMILES string of the molecule is [H-].[K+].[O]=[Cr](=[O])([OH])[O][Cr](=[O])(=[O])[OH]. The Morgan fingerprint density at radius 1 is 1.00 bits per heavy atom. The molecule has 0 aromatic heterocycles. The maximum atomic E-state index is 9.53. The van der Waals surface area contributed by atoms with Crippen molar-refractivity contribution in [1.82, 2.24) is 0 Å². The molecule has 0 bridgehead atoms. The predicted molar refractivity (Wildman–Crippen MR) is 9.38 cm³/mol. The Morgan fingerprint density at radius 2 is 1.20 bits per heavy atom. The summed E-state index contributed by atoms with van der Waals surface area (Å²) in [6.45, 7) is 0. The molecule has 58 valence electrons. The van der Waals surface area contributed by atoms with Crippen molar-refractivity contribution in [2.24, 2.45) is 0 Å². The Hall–Kier alpha value is 1.78. The predicted octanol–water partition coefficient (Wildman–Crippen LogP) is -4.55. The first-order valence-electron chi connectivity index (χ1n) is 1.37. The number of hydrogen-bond donors (Lipinski definition) is 2. The van der Waals surface area contributed by atoms with Crippen LogP contribution in [0.1, 0.15) is 1.43 Å². The van der Waals surface area contributed by atoms with Crippen LogP contribution in [0.3, 0.4) is 0 Å². The molecule has 0 saturated heterocycles. The van der Waals surface area contributed by atoms with Crippen molar-refractivity contribution in [3.05, 3.63) is 0 Å². The van der Waals surface area contributed by atoms with E-state index in [2.05, 4.69) is 2.84 Å². The first-order chi connectivity index (χ1) is 3.71. The van der Waals surface area contributed by atoms with Crippen LogP contribution in [0.4, 0.5) is 0 Å². The molecule has 0 heterocycles. The summed E-state index contributed by atoms with van der Waals surface area (Å²) in [4.78, 5) is 0. The van der Waals surface area contributed by atoms with Gasteiger partial charge in [0.15, 0.2) is 0 Å². The molecule has 0 rings (SSSR count). The van der Waals surface area contributed by atoms with E-state index in [1.807, 2.05) is 0 Å². The molecule has 0 unspecified atom stereocenters. The Balaban J connectivity index is -0.000000320. The molecule has 0 aliphatic carbocycles. The zero-order valence-electron chi connectivity index (χ0n) is 5.75. The summed E-state index contributed by atoms with van der Waals surface area (Å²) in [5, 5.41) is 0. The van der Waals surface area contributed by atoms with Crippen LogP contribution in [0, 0.1) is 0 Å². The van der Waals surface area contributed by atoms with E-state index in [0.717, 1.165) is 0 Å². The normalized spacial score (nSPS) is 12.2. The van der Waals surface area contributed by atoms with Gasteiger partial charge in [-0.15, -0.1) is 0 Å². The van der Waals surface area contributed by atoms with E-state index in [1.54, 1.807) is 0 Å². The minimum atomic E-state index is -5.76. The second-order valence-electron chi connectivity index (χ2n) is 0.924. The summed E-state index contributed by atoms with van der Waals surface area (Å²) in [5.74, 6) is 0. The molecule has 7 nitrogen and oxygen atoms in total. The average molecular weight is 258 g/mol. The molecule has 2 N–H and O–H groups in total. The van der Waals surface area contributed by atoms with Gasteiger partial charge in [-0.25, -0.2) is 0 Å². The summed E-state index contributed by atoms with van der Waals surface area (Å²) in [5.41, 5.74) is 0. The first kappa shape index (κ1) is 14.3. The van der Waals surface area contributed by atoms with E-state index in [-0.39, 0.29) is 52.8 Å². The molecule has 0 aromatic rings. The van der Waals surface area contributed by atoms with Gasteiger partial charge in [0.2, 0.25) is 0 Å².